The van der Waals surface area contributed by atoms with Gasteiger partial charge in [-0.1, -0.05) is 19.1 Å². The van der Waals surface area contributed by atoms with Crippen LogP contribution in [0.3, 0.4) is 0 Å². The van der Waals surface area contributed by atoms with Gasteiger partial charge in [-0.2, -0.15) is 0 Å². The smallest absolute Gasteiger partial charge is 0.407 e. The second-order valence-corrected chi connectivity index (χ2v) is 8.90. The van der Waals surface area contributed by atoms with Crippen LogP contribution in [-0.2, 0) is 23.1 Å². The summed E-state index contributed by atoms with van der Waals surface area (Å²) in [4.78, 5) is 27.9. The Bertz CT molecular complexity index is 974. The topological polar surface area (TPSA) is 128 Å². The SMILES string of the molecule is Cc1nc(-c2nnn(C)c2CNC(=O)OCCC(C)C)ccc1O[C@H]1CCC[C@H](C(=O)O)C1. The Labute approximate surface area is 193 Å². The number of ether oxygens (including phenoxy) is 2. The highest BCUT2D eigenvalue weighted by molar-refractivity contribution is 5.70. The lowest BCUT2D eigenvalue weighted by molar-refractivity contribution is -0.143. The van der Waals surface area contributed by atoms with Gasteiger partial charge in [0.15, 0.2) is 0 Å². The summed E-state index contributed by atoms with van der Waals surface area (Å²) >= 11 is 0. The molecule has 0 aliphatic heterocycles. The molecule has 2 N–H and O–H groups in total. The molecule has 2 heterocycles. The number of hydrogen-bond donors (Lipinski definition) is 2. The first kappa shape index (κ1) is 24.5. The second-order valence-electron chi connectivity index (χ2n) is 8.90. The Morgan fingerprint density at radius 2 is 2.09 bits per heavy atom. The highest BCUT2D eigenvalue weighted by atomic mass is 16.5. The number of aromatic nitrogens is 4. The molecule has 2 aromatic rings. The lowest BCUT2D eigenvalue weighted by Gasteiger charge is -2.27. The zero-order chi connectivity index (χ0) is 24.0. The summed E-state index contributed by atoms with van der Waals surface area (Å²) < 4.78 is 12.9. The molecule has 1 saturated carbocycles. The van der Waals surface area contributed by atoms with Crippen LogP contribution in [0.15, 0.2) is 12.1 Å². The maximum atomic E-state index is 12.0. The van der Waals surface area contributed by atoms with Crippen molar-refractivity contribution in [1.82, 2.24) is 25.3 Å². The molecule has 2 aromatic heterocycles. The van der Waals surface area contributed by atoms with Crippen molar-refractivity contribution in [2.24, 2.45) is 18.9 Å². The fourth-order valence-corrected chi connectivity index (χ4v) is 3.83. The standard InChI is InChI=1S/C23H33N5O5/c1-14(2)10-11-32-23(31)24-13-19-21(26-27-28(19)4)18-8-9-20(15(3)25-18)33-17-7-5-6-16(12-17)22(29)30/h8-9,14,16-17H,5-7,10-13H2,1-4H3,(H,24,31)(H,29,30)/t16-,17-/m0/s1. The van der Waals surface area contributed by atoms with Gasteiger partial charge in [0.2, 0.25) is 0 Å². The quantitative estimate of drug-likeness (QED) is 0.583. The monoisotopic (exact) mass is 459 g/mol. The highest BCUT2D eigenvalue weighted by Gasteiger charge is 2.28. The molecule has 1 amide bonds. The molecule has 0 radical (unpaired) electrons. The van der Waals surface area contributed by atoms with Gasteiger partial charge in [0.05, 0.1) is 42.3 Å². The number of nitrogens with one attached hydrogen (secondary N) is 1. The number of rotatable bonds is 9. The average Bonchev–Trinajstić information content (AvgIpc) is 3.14. The first-order valence-electron chi connectivity index (χ1n) is 11.4. The number of carboxylic acids is 1. The van der Waals surface area contributed by atoms with Gasteiger partial charge in [-0.05, 0) is 57.1 Å². The van der Waals surface area contributed by atoms with Crippen molar-refractivity contribution in [3.8, 4) is 17.1 Å². The molecule has 0 spiro atoms. The lowest BCUT2D eigenvalue weighted by atomic mass is 9.87. The Balaban J connectivity index is 1.65. The lowest BCUT2D eigenvalue weighted by Crippen LogP contribution is -2.29. The van der Waals surface area contributed by atoms with E-state index in [0.29, 0.717) is 53.9 Å². The molecule has 180 valence electrons. The van der Waals surface area contributed by atoms with Crippen LogP contribution in [0.5, 0.6) is 5.75 Å². The van der Waals surface area contributed by atoms with Gasteiger partial charge in [0.25, 0.3) is 0 Å². The number of alkyl carbamates (subject to hydrolysis) is 1. The van der Waals surface area contributed by atoms with E-state index >= 15 is 0 Å². The third kappa shape index (κ3) is 6.66. The minimum absolute atomic E-state index is 0.135. The summed E-state index contributed by atoms with van der Waals surface area (Å²) in [5, 5.41) is 20.3. The summed E-state index contributed by atoms with van der Waals surface area (Å²) in [5.74, 6) is -0.0279. The van der Waals surface area contributed by atoms with Gasteiger partial charge in [-0.15, -0.1) is 5.10 Å². The zero-order valence-electron chi connectivity index (χ0n) is 19.7. The number of carbonyl (C=O) groups excluding carboxylic acids is 1. The van der Waals surface area contributed by atoms with Crippen molar-refractivity contribution >= 4 is 12.1 Å². The first-order valence-corrected chi connectivity index (χ1v) is 11.4. The van der Waals surface area contributed by atoms with Crippen LogP contribution in [0.4, 0.5) is 4.79 Å². The number of aliphatic carboxylic acids is 1. The fraction of sp³-hybridized carbons (Fsp3) is 0.609. The van der Waals surface area contributed by atoms with Gasteiger partial charge in [-0.3, -0.25) is 4.79 Å². The van der Waals surface area contributed by atoms with Crippen molar-refractivity contribution in [3.05, 3.63) is 23.5 Å². The van der Waals surface area contributed by atoms with E-state index in [1.54, 1.807) is 17.8 Å². The largest absolute Gasteiger partial charge is 0.489 e. The van der Waals surface area contributed by atoms with Gasteiger partial charge in [0, 0.05) is 7.05 Å². The number of carbonyl (C=O) groups is 2. The van der Waals surface area contributed by atoms with Crippen LogP contribution in [0.25, 0.3) is 11.4 Å². The minimum Gasteiger partial charge on any atom is -0.489 e. The van der Waals surface area contributed by atoms with E-state index in [9.17, 15) is 14.7 Å². The number of carboxylic acid groups (broad SMARTS) is 1. The third-order valence-corrected chi connectivity index (χ3v) is 5.82. The number of hydrogen-bond acceptors (Lipinski definition) is 7. The van der Waals surface area contributed by atoms with Gasteiger partial charge in [-0.25, -0.2) is 14.5 Å². The van der Waals surface area contributed by atoms with Crippen molar-refractivity contribution in [2.75, 3.05) is 6.61 Å². The predicted octanol–water partition coefficient (Wildman–Crippen LogP) is 3.48. The van der Waals surface area contributed by atoms with Gasteiger partial charge < -0.3 is 19.9 Å². The molecular weight excluding hydrogens is 426 g/mol. The van der Waals surface area contributed by atoms with Crippen LogP contribution in [0, 0.1) is 18.8 Å². The number of pyridine rings is 1. The van der Waals surface area contributed by atoms with E-state index in [1.165, 1.54) is 0 Å². The van der Waals surface area contributed by atoms with Crippen LogP contribution < -0.4 is 10.1 Å². The molecular formula is C23H33N5O5. The molecule has 0 bridgehead atoms. The first-order chi connectivity index (χ1) is 15.7. The highest BCUT2D eigenvalue weighted by Crippen LogP contribution is 2.30. The summed E-state index contributed by atoms with van der Waals surface area (Å²) in [5.41, 5.74) is 2.57. The summed E-state index contributed by atoms with van der Waals surface area (Å²) in [6.07, 6.45) is 3.05. The minimum atomic E-state index is -0.763. The molecule has 0 unspecified atom stereocenters. The maximum absolute atomic E-state index is 12.0. The molecule has 1 aliphatic carbocycles. The second kappa shape index (κ2) is 11.1. The van der Waals surface area contributed by atoms with Crippen LogP contribution in [-0.4, -0.2) is 49.9 Å². The zero-order valence-corrected chi connectivity index (χ0v) is 19.7. The molecule has 33 heavy (non-hydrogen) atoms. The molecule has 1 fully saturated rings. The van der Waals surface area contributed by atoms with Crippen LogP contribution in [0.1, 0.15) is 57.3 Å². The van der Waals surface area contributed by atoms with E-state index in [2.05, 4.69) is 34.5 Å². The Morgan fingerprint density at radius 3 is 2.79 bits per heavy atom. The molecule has 2 atom stereocenters. The Kier molecular flexibility index (Phi) is 8.24. The van der Waals surface area contributed by atoms with E-state index in [4.69, 9.17) is 9.47 Å². The van der Waals surface area contributed by atoms with Crippen molar-refractivity contribution in [1.29, 1.82) is 0 Å². The normalized spacial score (nSPS) is 18.2. The molecule has 0 saturated heterocycles. The van der Waals surface area contributed by atoms with Crippen molar-refractivity contribution in [2.45, 2.75) is 65.5 Å². The Hall–Kier alpha value is -3.17. The fourth-order valence-electron chi connectivity index (χ4n) is 3.83. The summed E-state index contributed by atoms with van der Waals surface area (Å²) in [6.45, 7) is 6.56. The Morgan fingerprint density at radius 1 is 1.30 bits per heavy atom. The van der Waals surface area contributed by atoms with E-state index < -0.39 is 12.1 Å². The maximum Gasteiger partial charge on any atom is 0.407 e. The van der Waals surface area contributed by atoms with Gasteiger partial charge >= 0.3 is 12.1 Å². The average molecular weight is 460 g/mol. The van der Waals surface area contributed by atoms with Crippen LogP contribution >= 0.6 is 0 Å². The number of amides is 1. The molecule has 1 aliphatic rings. The van der Waals surface area contributed by atoms with Crippen molar-refractivity contribution < 1.29 is 24.2 Å². The van der Waals surface area contributed by atoms with Gasteiger partial charge in [0.1, 0.15) is 11.4 Å². The van der Waals surface area contributed by atoms with E-state index in [0.717, 1.165) is 19.3 Å². The summed E-state index contributed by atoms with van der Waals surface area (Å²) in [6, 6.07) is 3.63. The predicted molar refractivity (Wildman–Crippen MR) is 121 cm³/mol. The molecule has 10 heteroatoms. The van der Waals surface area contributed by atoms with E-state index in [1.807, 2.05) is 13.0 Å². The third-order valence-electron chi connectivity index (χ3n) is 5.82. The summed E-state index contributed by atoms with van der Waals surface area (Å²) in [7, 11) is 1.75. The number of nitrogens with zero attached hydrogens (tertiary/aromatic N) is 4. The number of aryl methyl sites for hydroxylation is 2. The van der Waals surface area contributed by atoms with Crippen molar-refractivity contribution in [3.63, 3.8) is 0 Å². The van der Waals surface area contributed by atoms with E-state index in [-0.39, 0.29) is 18.6 Å². The van der Waals surface area contributed by atoms with Crippen LogP contribution in [0.2, 0.25) is 0 Å². The molecule has 0 aromatic carbocycles. The molecule has 3 rings (SSSR count). The molecule has 10 nitrogen and oxygen atoms in total.